The maximum Gasteiger partial charge on any atom is 0.507 e. The zero-order chi connectivity index (χ0) is 13.3. The summed E-state index contributed by atoms with van der Waals surface area (Å²) in [5, 5.41) is 20.2. The maximum absolute atomic E-state index is 12.0. The summed E-state index contributed by atoms with van der Waals surface area (Å²) in [6, 6.07) is 8.07. The van der Waals surface area contributed by atoms with Gasteiger partial charge in [-0.25, -0.2) is 4.79 Å². The Labute approximate surface area is 102 Å². The van der Waals surface area contributed by atoms with Crippen LogP contribution in [0.25, 0.3) is 0 Å². The van der Waals surface area contributed by atoms with Crippen LogP contribution in [0.5, 0.6) is 0 Å². The summed E-state index contributed by atoms with van der Waals surface area (Å²) in [5.41, 5.74) is -1.60. The Kier molecular flexibility index (Phi) is 2.52. The molecule has 1 aliphatic rings. The van der Waals surface area contributed by atoms with Gasteiger partial charge >= 0.3 is 6.16 Å². The lowest BCUT2D eigenvalue weighted by Gasteiger charge is -2.24. The van der Waals surface area contributed by atoms with E-state index in [0.717, 1.165) is 0 Å². The number of ether oxygens (including phenoxy) is 1. The van der Waals surface area contributed by atoms with Crippen molar-refractivity contribution in [3.8, 4) is 6.07 Å². The first-order valence-electron chi connectivity index (χ1n) is 4.94. The van der Waals surface area contributed by atoms with Crippen LogP contribution in [0.4, 0.5) is 10.5 Å². The number of carbonyl (C=O) groups excluding carboxylic acids is 1. The van der Waals surface area contributed by atoms with Crippen molar-refractivity contribution in [1.82, 2.24) is 0 Å². The van der Waals surface area contributed by atoms with Crippen LogP contribution < -0.4 is 5.32 Å². The number of carbonyl (C=O) groups is 2. The number of fused-ring (bicyclic) bond motifs is 1. The number of hydrogen-bond acceptors (Lipinski definition) is 4. The number of nitrogens with zero attached hydrogens (tertiary/aromatic N) is 1. The Hall–Kier alpha value is -2.81. The minimum Gasteiger partial charge on any atom is -0.450 e. The first kappa shape index (κ1) is 11.7. The van der Waals surface area contributed by atoms with E-state index in [1.165, 1.54) is 6.07 Å². The minimum atomic E-state index is -1.99. The normalized spacial score (nSPS) is 20.5. The third kappa shape index (κ3) is 1.42. The Balaban J connectivity index is 2.67. The van der Waals surface area contributed by atoms with Gasteiger partial charge in [0.05, 0.1) is 11.6 Å². The van der Waals surface area contributed by atoms with Crippen molar-refractivity contribution < 1.29 is 19.4 Å². The number of amides is 1. The molecule has 1 amide bonds. The highest BCUT2D eigenvalue weighted by Crippen LogP contribution is 2.43. The molecule has 2 N–H and O–H groups in total. The highest BCUT2D eigenvalue weighted by atomic mass is 16.7. The molecule has 1 aromatic rings. The van der Waals surface area contributed by atoms with E-state index in [4.69, 9.17) is 10.4 Å². The van der Waals surface area contributed by atoms with Crippen molar-refractivity contribution in [3.63, 3.8) is 0 Å². The molecule has 6 nitrogen and oxygen atoms in total. The summed E-state index contributed by atoms with van der Waals surface area (Å²) in [7, 11) is 0. The number of nitrogens with one attached hydrogen (secondary N) is 1. The van der Waals surface area contributed by atoms with Gasteiger partial charge in [-0.15, -0.1) is 0 Å². The van der Waals surface area contributed by atoms with E-state index in [1.54, 1.807) is 24.3 Å². The topological polar surface area (TPSA) is 99.4 Å². The van der Waals surface area contributed by atoms with E-state index >= 15 is 0 Å². The highest BCUT2D eigenvalue weighted by molar-refractivity contribution is 6.08. The van der Waals surface area contributed by atoms with Crippen molar-refractivity contribution in [2.24, 2.45) is 0 Å². The van der Waals surface area contributed by atoms with Gasteiger partial charge in [0.2, 0.25) is 0 Å². The van der Waals surface area contributed by atoms with Crippen LogP contribution >= 0.6 is 0 Å². The fourth-order valence-corrected chi connectivity index (χ4v) is 1.90. The quantitative estimate of drug-likeness (QED) is 0.608. The molecule has 1 aliphatic heterocycles. The van der Waals surface area contributed by atoms with Gasteiger partial charge in [-0.05, 0) is 6.07 Å². The zero-order valence-corrected chi connectivity index (χ0v) is 9.14. The molecule has 0 fully saturated rings. The van der Waals surface area contributed by atoms with Gasteiger partial charge in [0.15, 0.2) is 0 Å². The van der Waals surface area contributed by atoms with Crippen molar-refractivity contribution >= 4 is 17.7 Å². The van der Waals surface area contributed by atoms with E-state index in [9.17, 15) is 9.59 Å². The van der Waals surface area contributed by atoms with Gasteiger partial charge in [-0.2, -0.15) is 5.26 Å². The summed E-state index contributed by atoms with van der Waals surface area (Å²) >= 11 is 0. The molecule has 6 heteroatoms. The standard InChI is InChI=1S/C12H8N2O4/c1-7(6-13)12(18-11(16)17)8-4-2-3-5-9(8)14-10(12)15/h2-5H,1H2,(H,14,15)(H,16,17). The number of rotatable bonds is 2. The minimum absolute atomic E-state index is 0.268. The van der Waals surface area contributed by atoms with Crippen LogP contribution in [0, 0.1) is 11.3 Å². The van der Waals surface area contributed by atoms with Crippen LogP contribution in [0.3, 0.4) is 0 Å². The molecule has 1 atom stereocenters. The lowest BCUT2D eigenvalue weighted by atomic mass is 9.88. The van der Waals surface area contributed by atoms with Gasteiger partial charge in [-0.1, -0.05) is 24.8 Å². The molecule has 0 aliphatic carbocycles. The largest absolute Gasteiger partial charge is 0.507 e. The molecule has 90 valence electrons. The van der Waals surface area contributed by atoms with Crippen LogP contribution in [-0.2, 0) is 15.1 Å². The highest BCUT2D eigenvalue weighted by Gasteiger charge is 2.53. The summed E-state index contributed by atoms with van der Waals surface area (Å²) < 4.78 is 4.67. The third-order valence-corrected chi connectivity index (χ3v) is 2.67. The lowest BCUT2D eigenvalue weighted by Crippen LogP contribution is -2.40. The second-order valence-corrected chi connectivity index (χ2v) is 3.64. The van der Waals surface area contributed by atoms with Gasteiger partial charge in [-0.3, -0.25) is 4.79 Å². The molecular formula is C12H8N2O4. The summed E-state index contributed by atoms with van der Waals surface area (Å²) in [4.78, 5) is 22.8. The number of anilines is 1. The van der Waals surface area contributed by atoms with Gasteiger partial charge in [0.25, 0.3) is 11.5 Å². The second-order valence-electron chi connectivity index (χ2n) is 3.64. The molecule has 1 heterocycles. The second kappa shape index (κ2) is 3.89. The fraction of sp³-hybridized carbons (Fsp3) is 0.0833. The van der Waals surface area contributed by atoms with Gasteiger partial charge in [0, 0.05) is 11.3 Å². The summed E-state index contributed by atoms with van der Waals surface area (Å²) in [6.07, 6.45) is -1.65. The number of para-hydroxylation sites is 1. The van der Waals surface area contributed by atoms with E-state index in [0.29, 0.717) is 5.69 Å². The maximum atomic E-state index is 12.0. The average molecular weight is 244 g/mol. The number of carboxylic acid groups (broad SMARTS) is 1. The molecule has 0 spiro atoms. The molecule has 0 bridgehead atoms. The molecule has 0 radical (unpaired) electrons. The Morgan fingerprint density at radius 1 is 1.50 bits per heavy atom. The smallest absolute Gasteiger partial charge is 0.450 e. The van der Waals surface area contributed by atoms with Crippen LogP contribution in [0.2, 0.25) is 0 Å². The van der Waals surface area contributed by atoms with Crippen molar-refractivity contribution in [2.75, 3.05) is 5.32 Å². The average Bonchev–Trinajstić information content (AvgIpc) is 2.62. The lowest BCUT2D eigenvalue weighted by molar-refractivity contribution is -0.131. The fourth-order valence-electron chi connectivity index (χ4n) is 1.90. The SMILES string of the molecule is C=C(C#N)C1(OC(=O)O)C(=O)Nc2ccccc21. The third-order valence-electron chi connectivity index (χ3n) is 2.67. The van der Waals surface area contributed by atoms with Crippen LogP contribution in [0.1, 0.15) is 5.56 Å². The molecular weight excluding hydrogens is 236 g/mol. The summed E-state index contributed by atoms with van der Waals surface area (Å²) in [6.45, 7) is 3.42. The summed E-state index contributed by atoms with van der Waals surface area (Å²) in [5.74, 6) is -0.738. The molecule has 2 rings (SSSR count). The first-order chi connectivity index (χ1) is 8.52. The predicted molar refractivity (Wildman–Crippen MR) is 60.6 cm³/mol. The molecule has 1 unspecified atom stereocenters. The monoisotopic (exact) mass is 244 g/mol. The van der Waals surface area contributed by atoms with E-state index in [1.807, 2.05) is 0 Å². The predicted octanol–water partition coefficient (Wildman–Crippen LogP) is 1.61. The number of nitriles is 1. The first-order valence-corrected chi connectivity index (χ1v) is 4.94. The van der Waals surface area contributed by atoms with E-state index in [2.05, 4.69) is 16.6 Å². The molecule has 0 saturated carbocycles. The van der Waals surface area contributed by atoms with Crippen LogP contribution in [0.15, 0.2) is 36.4 Å². The zero-order valence-electron chi connectivity index (χ0n) is 9.14. The number of benzene rings is 1. The van der Waals surface area contributed by atoms with Crippen molar-refractivity contribution in [3.05, 3.63) is 42.0 Å². The Morgan fingerprint density at radius 2 is 2.17 bits per heavy atom. The molecule has 0 aromatic heterocycles. The Bertz CT molecular complexity index is 602. The van der Waals surface area contributed by atoms with Gasteiger partial charge in [0.1, 0.15) is 0 Å². The molecule has 18 heavy (non-hydrogen) atoms. The molecule has 0 saturated heterocycles. The van der Waals surface area contributed by atoms with Crippen molar-refractivity contribution in [2.45, 2.75) is 5.60 Å². The Morgan fingerprint density at radius 3 is 2.78 bits per heavy atom. The number of hydrogen-bond donors (Lipinski definition) is 2. The van der Waals surface area contributed by atoms with E-state index in [-0.39, 0.29) is 11.1 Å². The van der Waals surface area contributed by atoms with Gasteiger partial charge < -0.3 is 15.2 Å². The van der Waals surface area contributed by atoms with Crippen molar-refractivity contribution in [1.29, 1.82) is 5.26 Å². The van der Waals surface area contributed by atoms with Crippen LogP contribution in [-0.4, -0.2) is 17.2 Å². The van der Waals surface area contributed by atoms with E-state index < -0.39 is 17.7 Å². The molecule has 1 aromatic carbocycles.